The van der Waals surface area contributed by atoms with Crippen molar-refractivity contribution in [1.82, 2.24) is 0 Å². The monoisotopic (exact) mass is 287 g/mol. The van der Waals surface area contributed by atoms with Crippen LogP contribution in [0.5, 0.6) is 0 Å². The van der Waals surface area contributed by atoms with E-state index in [1.165, 1.54) is 10.8 Å². The first-order chi connectivity index (χ1) is 9.61. The van der Waals surface area contributed by atoms with Crippen LogP contribution < -0.4 is 0 Å². The number of hydrogen-bond acceptors (Lipinski definition) is 2. The summed E-state index contributed by atoms with van der Waals surface area (Å²) in [5.74, 6) is -0.267. The molecule has 0 aliphatic carbocycles. The summed E-state index contributed by atoms with van der Waals surface area (Å²) in [5, 5.41) is 2.39. The van der Waals surface area contributed by atoms with Crippen molar-refractivity contribution in [3.05, 3.63) is 54.1 Å². The minimum absolute atomic E-state index is 0.0111. The molecule has 2 rings (SSSR count). The molecule has 0 amide bonds. The fourth-order valence-corrected chi connectivity index (χ4v) is 3.00. The van der Waals surface area contributed by atoms with Gasteiger partial charge in [-0.05, 0) is 29.8 Å². The highest BCUT2D eigenvalue weighted by Crippen LogP contribution is 2.25. The highest BCUT2D eigenvalue weighted by Gasteiger charge is 2.18. The molecular formula is C17H19O2S+. The van der Waals surface area contributed by atoms with E-state index in [-0.39, 0.29) is 16.9 Å². The van der Waals surface area contributed by atoms with Crippen LogP contribution in [-0.4, -0.2) is 25.1 Å². The molecule has 2 aromatic rings. The summed E-state index contributed by atoms with van der Waals surface area (Å²) in [7, 11) is -0.0111. The minimum atomic E-state index is -0.267. The van der Waals surface area contributed by atoms with E-state index in [9.17, 15) is 4.79 Å². The molecule has 20 heavy (non-hydrogen) atoms. The highest BCUT2D eigenvalue weighted by atomic mass is 32.2. The number of carbonyl (C=O) groups excluding carboxylic acids is 1. The van der Waals surface area contributed by atoms with Crippen LogP contribution in [0.4, 0.5) is 0 Å². The predicted molar refractivity (Wildman–Crippen MR) is 87.8 cm³/mol. The summed E-state index contributed by atoms with van der Waals surface area (Å²) < 4.78 is 5.02. The molecule has 0 bridgehead atoms. The van der Waals surface area contributed by atoms with E-state index in [0.717, 1.165) is 10.5 Å². The van der Waals surface area contributed by atoms with Gasteiger partial charge in [0.15, 0.2) is 4.91 Å². The Morgan fingerprint density at radius 1 is 1.15 bits per heavy atom. The molecule has 0 saturated carbocycles. The standard InChI is InChI=1S/C17H19O2S/c1-4-19-17(18)12-16(20(2)3)15-10-9-13-7-5-6-8-14(13)11-15/h5-12H,4H2,1-3H3/q+1/b16-12+. The molecule has 104 valence electrons. The highest BCUT2D eigenvalue weighted by molar-refractivity contribution is 8.04. The van der Waals surface area contributed by atoms with Crippen molar-refractivity contribution in [3.63, 3.8) is 0 Å². The molecule has 0 radical (unpaired) electrons. The Labute approximate surface area is 122 Å². The smallest absolute Gasteiger partial charge is 0.335 e. The van der Waals surface area contributed by atoms with E-state index in [4.69, 9.17) is 4.74 Å². The molecule has 0 N–H and O–H groups in total. The molecule has 0 saturated heterocycles. The van der Waals surface area contributed by atoms with Gasteiger partial charge in [-0.25, -0.2) is 4.79 Å². The molecule has 0 heterocycles. The van der Waals surface area contributed by atoms with Crippen LogP contribution in [0.2, 0.25) is 0 Å². The molecule has 0 spiro atoms. The Morgan fingerprint density at radius 2 is 1.85 bits per heavy atom. The topological polar surface area (TPSA) is 26.3 Å². The maximum absolute atomic E-state index is 11.7. The van der Waals surface area contributed by atoms with Gasteiger partial charge in [-0.15, -0.1) is 0 Å². The van der Waals surface area contributed by atoms with Crippen LogP contribution >= 0.6 is 0 Å². The Kier molecular flexibility index (Phi) is 4.85. The van der Waals surface area contributed by atoms with Gasteiger partial charge in [-0.2, -0.15) is 0 Å². The third kappa shape index (κ3) is 3.42. The maximum Gasteiger partial charge on any atom is 0.335 e. The second kappa shape index (κ2) is 6.62. The molecule has 0 aliphatic heterocycles. The third-order valence-electron chi connectivity index (χ3n) is 3.01. The van der Waals surface area contributed by atoms with Gasteiger partial charge in [-0.1, -0.05) is 30.3 Å². The van der Waals surface area contributed by atoms with Gasteiger partial charge < -0.3 is 4.74 Å². The number of ether oxygens (including phenoxy) is 1. The fourth-order valence-electron chi connectivity index (χ4n) is 2.07. The number of rotatable bonds is 4. The zero-order valence-corrected chi connectivity index (χ0v) is 12.9. The maximum atomic E-state index is 11.7. The van der Waals surface area contributed by atoms with E-state index in [2.05, 4.69) is 42.8 Å². The summed E-state index contributed by atoms with van der Waals surface area (Å²) in [4.78, 5) is 12.7. The van der Waals surface area contributed by atoms with Crippen molar-refractivity contribution in [2.45, 2.75) is 6.92 Å². The Morgan fingerprint density at radius 3 is 2.50 bits per heavy atom. The molecular weight excluding hydrogens is 268 g/mol. The van der Waals surface area contributed by atoms with Crippen LogP contribution in [0, 0.1) is 0 Å². The van der Waals surface area contributed by atoms with Gasteiger partial charge in [-0.3, -0.25) is 0 Å². The largest absolute Gasteiger partial charge is 0.463 e. The van der Waals surface area contributed by atoms with E-state index in [1.54, 1.807) is 6.08 Å². The summed E-state index contributed by atoms with van der Waals surface area (Å²) in [5.41, 5.74) is 1.09. The lowest BCUT2D eigenvalue weighted by Crippen LogP contribution is -2.06. The van der Waals surface area contributed by atoms with Gasteiger partial charge in [0.2, 0.25) is 0 Å². The Hall–Kier alpha value is -1.74. The Balaban J connectivity index is 2.44. The zero-order valence-electron chi connectivity index (χ0n) is 12.1. The molecule has 0 fully saturated rings. The van der Waals surface area contributed by atoms with Gasteiger partial charge >= 0.3 is 5.97 Å². The van der Waals surface area contributed by atoms with Crippen LogP contribution in [0.25, 0.3) is 15.7 Å². The molecule has 0 unspecified atom stereocenters. The van der Waals surface area contributed by atoms with Crippen LogP contribution in [0.1, 0.15) is 12.5 Å². The second-order valence-electron chi connectivity index (χ2n) is 4.64. The van der Waals surface area contributed by atoms with Crippen molar-refractivity contribution in [2.24, 2.45) is 0 Å². The first kappa shape index (κ1) is 14.7. The predicted octanol–water partition coefficient (Wildman–Crippen LogP) is 3.62. The molecule has 0 aromatic heterocycles. The van der Waals surface area contributed by atoms with Crippen molar-refractivity contribution >= 4 is 32.5 Å². The zero-order chi connectivity index (χ0) is 14.5. The van der Waals surface area contributed by atoms with E-state index in [0.29, 0.717) is 6.61 Å². The van der Waals surface area contributed by atoms with Gasteiger partial charge in [0.25, 0.3) is 0 Å². The molecule has 3 heteroatoms. The minimum Gasteiger partial charge on any atom is -0.463 e. The lowest BCUT2D eigenvalue weighted by Gasteiger charge is -2.06. The number of esters is 1. The van der Waals surface area contributed by atoms with Crippen molar-refractivity contribution in [2.75, 3.05) is 19.1 Å². The summed E-state index contributed by atoms with van der Waals surface area (Å²) >= 11 is 0. The van der Waals surface area contributed by atoms with E-state index >= 15 is 0 Å². The van der Waals surface area contributed by atoms with Gasteiger partial charge in [0.1, 0.15) is 12.5 Å². The average Bonchev–Trinajstić information content (AvgIpc) is 2.44. The molecule has 2 aromatic carbocycles. The number of hydrogen-bond donors (Lipinski definition) is 0. The molecule has 0 atom stereocenters. The van der Waals surface area contributed by atoms with Crippen molar-refractivity contribution in [3.8, 4) is 0 Å². The third-order valence-corrected chi connectivity index (χ3v) is 4.24. The van der Waals surface area contributed by atoms with Crippen molar-refractivity contribution in [1.29, 1.82) is 0 Å². The molecule has 2 nitrogen and oxygen atoms in total. The average molecular weight is 287 g/mol. The quantitative estimate of drug-likeness (QED) is 0.488. The van der Waals surface area contributed by atoms with Crippen LogP contribution in [-0.2, 0) is 20.4 Å². The SMILES string of the molecule is CCOC(=O)/C=C(\c1ccc2ccccc2c1)[S+](C)C. The normalized spacial score (nSPS) is 11.9. The number of carbonyl (C=O) groups is 1. The lowest BCUT2D eigenvalue weighted by atomic mass is 10.1. The summed E-state index contributed by atoms with van der Waals surface area (Å²) in [6.07, 6.45) is 5.84. The summed E-state index contributed by atoms with van der Waals surface area (Å²) in [6, 6.07) is 14.5. The summed E-state index contributed by atoms with van der Waals surface area (Å²) in [6.45, 7) is 2.22. The second-order valence-corrected chi connectivity index (χ2v) is 6.71. The van der Waals surface area contributed by atoms with Gasteiger partial charge in [0.05, 0.1) is 12.7 Å². The van der Waals surface area contributed by atoms with Gasteiger partial charge in [0, 0.05) is 16.5 Å². The van der Waals surface area contributed by atoms with Crippen molar-refractivity contribution < 1.29 is 9.53 Å². The first-order valence-corrected chi connectivity index (χ1v) is 8.61. The van der Waals surface area contributed by atoms with E-state index in [1.807, 2.05) is 19.1 Å². The number of fused-ring (bicyclic) bond motifs is 1. The fraction of sp³-hybridized carbons (Fsp3) is 0.235. The number of benzene rings is 2. The van der Waals surface area contributed by atoms with Crippen LogP contribution in [0.15, 0.2) is 48.5 Å². The Bertz CT molecular complexity index is 644. The lowest BCUT2D eigenvalue weighted by molar-refractivity contribution is -0.137. The van der Waals surface area contributed by atoms with E-state index < -0.39 is 0 Å². The molecule has 0 aliphatic rings. The van der Waals surface area contributed by atoms with Crippen LogP contribution in [0.3, 0.4) is 0 Å². The first-order valence-electron chi connectivity index (χ1n) is 6.57.